The Morgan fingerprint density at radius 1 is 0.818 bits per heavy atom. The van der Waals surface area contributed by atoms with Crippen LogP contribution in [0.2, 0.25) is 0 Å². The lowest BCUT2D eigenvalue weighted by Crippen LogP contribution is -2.60. The highest BCUT2D eigenvalue weighted by Crippen LogP contribution is 2.21. The number of carboxylic acid groups (broad SMARTS) is 1. The van der Waals surface area contributed by atoms with E-state index in [1.54, 1.807) is 59.2 Å². The number of carbonyl (C=O) groups is 5. The van der Waals surface area contributed by atoms with E-state index in [1.807, 2.05) is 27.7 Å². The van der Waals surface area contributed by atoms with Crippen LogP contribution in [0.5, 0.6) is 5.75 Å². The molecule has 0 spiro atoms. The third kappa shape index (κ3) is 9.95. The number of likely N-dealkylation sites (N-methyl/N-ethyl adjacent to an activating group) is 3. The highest BCUT2D eigenvalue weighted by Gasteiger charge is 2.40. The van der Waals surface area contributed by atoms with Gasteiger partial charge in [0.05, 0.1) is 7.11 Å². The highest BCUT2D eigenvalue weighted by atomic mass is 16.5. The molecule has 0 aromatic heterocycles. The van der Waals surface area contributed by atoms with Crippen molar-refractivity contribution in [2.75, 3.05) is 28.3 Å². The molecule has 4 amide bonds. The Labute approximate surface area is 263 Å². The van der Waals surface area contributed by atoms with Gasteiger partial charge in [-0.1, -0.05) is 67.0 Å². The van der Waals surface area contributed by atoms with Crippen LogP contribution in [0.1, 0.15) is 73.3 Å². The predicted molar refractivity (Wildman–Crippen MR) is 170 cm³/mol. The number of rotatable bonds is 17. The van der Waals surface area contributed by atoms with Crippen molar-refractivity contribution in [1.82, 2.24) is 20.0 Å². The van der Waals surface area contributed by atoms with E-state index in [0.717, 1.165) is 5.56 Å². The Morgan fingerprint density at radius 3 is 1.82 bits per heavy atom. The van der Waals surface area contributed by atoms with Crippen LogP contribution in [-0.2, 0) is 30.4 Å². The SMILES string of the molecule is CCCC(=O)N(C)C(C(=O)NC(C(=O)N(C)C(Cc1ccc(OC)cc1)C(=O)N(C)C(C(=O)O)C(C)CC)C(C)C)C(C)C. The fourth-order valence-electron chi connectivity index (χ4n) is 5.36. The minimum Gasteiger partial charge on any atom is -0.497 e. The van der Waals surface area contributed by atoms with Crippen molar-refractivity contribution in [2.24, 2.45) is 17.8 Å². The third-order valence-electron chi connectivity index (χ3n) is 8.29. The number of ether oxygens (including phenoxy) is 1. The van der Waals surface area contributed by atoms with E-state index in [2.05, 4.69) is 5.32 Å². The van der Waals surface area contributed by atoms with Crippen LogP contribution >= 0.6 is 0 Å². The lowest BCUT2D eigenvalue weighted by molar-refractivity contribution is -0.155. The van der Waals surface area contributed by atoms with Crippen molar-refractivity contribution in [3.63, 3.8) is 0 Å². The average Bonchev–Trinajstić information content (AvgIpc) is 2.97. The summed E-state index contributed by atoms with van der Waals surface area (Å²) in [6.07, 6.45) is 1.61. The number of nitrogens with one attached hydrogen (secondary N) is 1. The van der Waals surface area contributed by atoms with E-state index in [9.17, 15) is 29.1 Å². The number of benzene rings is 1. The van der Waals surface area contributed by atoms with Gasteiger partial charge in [0.2, 0.25) is 23.6 Å². The van der Waals surface area contributed by atoms with Gasteiger partial charge in [0.1, 0.15) is 29.9 Å². The van der Waals surface area contributed by atoms with E-state index in [-0.39, 0.29) is 30.1 Å². The summed E-state index contributed by atoms with van der Waals surface area (Å²) in [6.45, 7) is 12.8. The molecule has 1 rings (SSSR count). The first-order chi connectivity index (χ1) is 20.5. The van der Waals surface area contributed by atoms with E-state index in [4.69, 9.17) is 4.74 Å². The van der Waals surface area contributed by atoms with Crippen LogP contribution in [-0.4, -0.2) is 102 Å². The standard InChI is InChI=1S/C33H54N4O7/c1-12-14-26(38)36(9)28(21(5)6)30(39)34-27(20(3)4)32(41)35(8)25(19-23-15-17-24(44-11)18-16-23)31(40)37(10)29(33(42)43)22(7)13-2/h15-18,20-22,25,27-29H,12-14,19H2,1-11H3,(H,34,39)(H,42,43). The molecule has 0 aliphatic heterocycles. The molecule has 0 saturated carbocycles. The van der Waals surface area contributed by atoms with Crippen molar-refractivity contribution < 1.29 is 33.8 Å². The van der Waals surface area contributed by atoms with Gasteiger partial charge in [-0.05, 0) is 41.9 Å². The second kappa shape index (κ2) is 17.6. The molecule has 2 N–H and O–H groups in total. The molecule has 1 aromatic carbocycles. The number of methoxy groups -OCH3 is 1. The molecule has 0 bridgehead atoms. The second-order valence-corrected chi connectivity index (χ2v) is 12.3. The van der Waals surface area contributed by atoms with Gasteiger partial charge in [-0.15, -0.1) is 0 Å². The summed E-state index contributed by atoms with van der Waals surface area (Å²) in [6, 6.07) is 3.16. The molecule has 5 atom stereocenters. The quantitative estimate of drug-likeness (QED) is 0.273. The lowest BCUT2D eigenvalue weighted by atomic mass is 9.95. The summed E-state index contributed by atoms with van der Waals surface area (Å²) < 4.78 is 5.25. The van der Waals surface area contributed by atoms with E-state index in [1.165, 1.54) is 28.8 Å². The second-order valence-electron chi connectivity index (χ2n) is 12.3. The number of hydrogen-bond donors (Lipinski definition) is 2. The van der Waals surface area contributed by atoms with Crippen molar-refractivity contribution in [1.29, 1.82) is 0 Å². The van der Waals surface area contributed by atoms with Crippen LogP contribution in [0.15, 0.2) is 24.3 Å². The number of nitrogens with zero attached hydrogens (tertiary/aromatic N) is 3. The first-order valence-electron chi connectivity index (χ1n) is 15.5. The van der Waals surface area contributed by atoms with E-state index >= 15 is 0 Å². The lowest BCUT2D eigenvalue weighted by Gasteiger charge is -2.38. The van der Waals surface area contributed by atoms with Gasteiger partial charge in [0.25, 0.3) is 0 Å². The van der Waals surface area contributed by atoms with Gasteiger partial charge in [0.15, 0.2) is 0 Å². The maximum atomic E-state index is 14.1. The molecule has 0 radical (unpaired) electrons. The normalized spacial score (nSPS) is 14.7. The van der Waals surface area contributed by atoms with Gasteiger partial charge in [-0.2, -0.15) is 0 Å². The number of hydrogen-bond acceptors (Lipinski definition) is 6. The largest absolute Gasteiger partial charge is 0.497 e. The zero-order chi connectivity index (χ0) is 33.9. The van der Waals surface area contributed by atoms with Gasteiger partial charge in [0, 0.05) is 34.0 Å². The molecule has 0 aliphatic carbocycles. The van der Waals surface area contributed by atoms with E-state index in [0.29, 0.717) is 25.0 Å². The third-order valence-corrected chi connectivity index (χ3v) is 8.29. The minimum absolute atomic E-state index is 0.115. The van der Waals surface area contributed by atoms with Crippen molar-refractivity contribution >= 4 is 29.6 Å². The van der Waals surface area contributed by atoms with Gasteiger partial charge < -0.3 is 29.9 Å². The summed E-state index contributed by atoms with van der Waals surface area (Å²) in [5.74, 6) is -3.01. The van der Waals surface area contributed by atoms with Crippen LogP contribution < -0.4 is 10.1 Å². The molecule has 1 aromatic rings. The Morgan fingerprint density at radius 2 is 1.39 bits per heavy atom. The van der Waals surface area contributed by atoms with Crippen molar-refractivity contribution in [2.45, 2.75) is 98.3 Å². The Bertz CT molecular complexity index is 1120. The molecule has 11 nitrogen and oxygen atoms in total. The maximum Gasteiger partial charge on any atom is 0.326 e. The number of aliphatic carboxylic acids is 1. The van der Waals surface area contributed by atoms with Crippen LogP contribution in [0.25, 0.3) is 0 Å². The highest BCUT2D eigenvalue weighted by molar-refractivity contribution is 5.95. The zero-order valence-corrected chi connectivity index (χ0v) is 28.4. The Balaban J connectivity index is 3.49. The smallest absolute Gasteiger partial charge is 0.326 e. The van der Waals surface area contributed by atoms with Crippen molar-refractivity contribution in [3.8, 4) is 5.75 Å². The molecule has 44 heavy (non-hydrogen) atoms. The summed E-state index contributed by atoms with van der Waals surface area (Å²) in [4.78, 5) is 70.5. The monoisotopic (exact) mass is 618 g/mol. The first kappa shape index (κ1) is 38.4. The fourth-order valence-corrected chi connectivity index (χ4v) is 5.36. The van der Waals surface area contributed by atoms with Gasteiger partial charge in [-0.25, -0.2) is 4.79 Å². The number of carbonyl (C=O) groups excluding carboxylic acids is 4. The topological polar surface area (TPSA) is 137 Å². The summed E-state index contributed by atoms with van der Waals surface area (Å²) >= 11 is 0. The number of amides is 4. The van der Waals surface area contributed by atoms with Gasteiger partial charge >= 0.3 is 5.97 Å². The summed E-state index contributed by atoms with van der Waals surface area (Å²) in [5, 5.41) is 12.8. The molecule has 0 saturated heterocycles. The summed E-state index contributed by atoms with van der Waals surface area (Å²) in [5.41, 5.74) is 0.744. The first-order valence-corrected chi connectivity index (χ1v) is 15.5. The molecular formula is C33H54N4O7. The van der Waals surface area contributed by atoms with Crippen molar-refractivity contribution in [3.05, 3.63) is 29.8 Å². The molecule has 0 aliphatic rings. The molecule has 0 heterocycles. The number of carboxylic acids is 1. The average molecular weight is 619 g/mol. The molecule has 11 heteroatoms. The minimum atomic E-state index is -1.12. The molecule has 248 valence electrons. The predicted octanol–water partition coefficient (Wildman–Crippen LogP) is 3.45. The molecule has 0 fully saturated rings. The zero-order valence-electron chi connectivity index (χ0n) is 28.4. The summed E-state index contributed by atoms with van der Waals surface area (Å²) in [7, 11) is 6.09. The maximum absolute atomic E-state index is 14.1. The Hall–Kier alpha value is -3.63. The fraction of sp³-hybridized carbons (Fsp3) is 0.667. The van der Waals surface area contributed by atoms with Crippen LogP contribution in [0.4, 0.5) is 0 Å². The Kier molecular flexibility index (Phi) is 15.4. The van der Waals surface area contributed by atoms with Crippen LogP contribution in [0.3, 0.4) is 0 Å². The van der Waals surface area contributed by atoms with Gasteiger partial charge in [-0.3, -0.25) is 19.2 Å². The molecule has 5 unspecified atom stereocenters. The van der Waals surface area contributed by atoms with Crippen LogP contribution in [0, 0.1) is 17.8 Å². The van der Waals surface area contributed by atoms with E-state index < -0.39 is 47.9 Å². The molecular weight excluding hydrogens is 564 g/mol.